The van der Waals surface area contributed by atoms with E-state index in [0.29, 0.717) is 11.3 Å². The fourth-order valence-corrected chi connectivity index (χ4v) is 3.56. The van der Waals surface area contributed by atoms with Crippen LogP contribution in [0.1, 0.15) is 17.0 Å². The maximum absolute atomic E-state index is 13.3. The summed E-state index contributed by atoms with van der Waals surface area (Å²) >= 11 is 0. The minimum absolute atomic E-state index is 0.0399. The molecule has 0 radical (unpaired) electrons. The lowest BCUT2D eigenvalue weighted by Gasteiger charge is -2.15. The van der Waals surface area contributed by atoms with Crippen LogP contribution < -0.4 is 15.8 Å². The molecule has 0 spiro atoms. The highest BCUT2D eigenvalue weighted by Crippen LogP contribution is 2.33. The lowest BCUT2D eigenvalue weighted by molar-refractivity contribution is -0.141. The van der Waals surface area contributed by atoms with Gasteiger partial charge in [0.1, 0.15) is 40.6 Å². The van der Waals surface area contributed by atoms with Gasteiger partial charge < -0.3 is 24.9 Å². The lowest BCUT2D eigenvalue weighted by Crippen LogP contribution is -2.26. The molecular weight excluding hydrogens is 489 g/mol. The van der Waals surface area contributed by atoms with Crippen LogP contribution in [0.25, 0.3) is 21.9 Å². The first-order valence-electron chi connectivity index (χ1n) is 11.1. The molecule has 0 fully saturated rings. The van der Waals surface area contributed by atoms with E-state index in [2.05, 4.69) is 21.9 Å². The molecule has 2 aromatic carbocycles. The van der Waals surface area contributed by atoms with Gasteiger partial charge in [-0.05, 0) is 36.4 Å². The number of carbonyl (C=O) groups excluding carboxylic acids is 1. The van der Waals surface area contributed by atoms with Gasteiger partial charge in [-0.1, -0.05) is 24.8 Å². The van der Waals surface area contributed by atoms with Crippen LogP contribution >= 0.6 is 0 Å². The molecule has 37 heavy (non-hydrogen) atoms. The average Bonchev–Trinajstić information content (AvgIpc) is 3.31. The Hall–Kier alpha value is -4.38. The number of methoxy groups -OCH3 is 1. The summed E-state index contributed by atoms with van der Waals surface area (Å²) in [4.78, 5) is 20.5. The number of fused-ring (bicyclic) bond motifs is 2. The number of hydrogen-bond donors (Lipinski definition) is 2. The van der Waals surface area contributed by atoms with Crippen LogP contribution in [0.3, 0.4) is 0 Å². The van der Waals surface area contributed by atoms with Crippen molar-refractivity contribution in [3.63, 3.8) is 0 Å². The van der Waals surface area contributed by atoms with E-state index < -0.39 is 17.8 Å². The molecule has 1 amide bonds. The summed E-state index contributed by atoms with van der Waals surface area (Å²) < 4.78 is 56.3. The molecule has 8 nitrogen and oxygen atoms in total. The number of aromatic nitrogens is 1. The summed E-state index contributed by atoms with van der Waals surface area (Å²) in [5.41, 5.74) is 5.47. The number of carbonyl (C=O) groups is 1. The molecule has 0 saturated heterocycles. The van der Waals surface area contributed by atoms with Crippen LogP contribution in [0.15, 0.2) is 76.3 Å². The molecule has 11 heteroatoms. The number of nitrogens with two attached hydrogens (primary N) is 1. The summed E-state index contributed by atoms with van der Waals surface area (Å²) in [5, 5.41) is 3.90. The van der Waals surface area contributed by atoms with Crippen molar-refractivity contribution in [2.45, 2.75) is 12.7 Å². The predicted octanol–water partition coefficient (Wildman–Crippen LogP) is 4.56. The Labute approximate surface area is 209 Å². The molecule has 0 saturated carbocycles. The molecular formula is C26H23F3N4O4. The molecule has 0 aliphatic heterocycles. The smallest absolute Gasteiger partial charge is 0.433 e. The van der Waals surface area contributed by atoms with Gasteiger partial charge in [-0.15, -0.1) is 0 Å². The number of aliphatic imine (C=N–C) groups is 1. The third kappa shape index (κ3) is 5.89. The first-order valence-corrected chi connectivity index (χ1v) is 11.1. The van der Waals surface area contributed by atoms with E-state index in [1.54, 1.807) is 6.07 Å². The number of pyridine rings is 1. The molecule has 4 aromatic rings. The fraction of sp³-hybridized carbons (Fsp3) is 0.192. The van der Waals surface area contributed by atoms with E-state index in [1.165, 1.54) is 19.2 Å². The van der Waals surface area contributed by atoms with Crippen LogP contribution in [-0.4, -0.2) is 37.0 Å². The van der Waals surface area contributed by atoms with Crippen molar-refractivity contribution in [3.8, 4) is 5.75 Å². The van der Waals surface area contributed by atoms with Gasteiger partial charge >= 0.3 is 6.18 Å². The normalized spacial score (nSPS) is 12.1. The zero-order valence-electron chi connectivity index (χ0n) is 19.8. The van der Waals surface area contributed by atoms with Crippen molar-refractivity contribution in [3.05, 3.63) is 84.0 Å². The molecule has 192 valence electrons. The van der Waals surface area contributed by atoms with Gasteiger partial charge in [-0.25, -0.2) is 9.98 Å². The number of nitrogens with one attached hydrogen (secondary N) is 1. The van der Waals surface area contributed by atoms with Gasteiger partial charge in [0.25, 0.3) is 0 Å². The molecule has 2 heterocycles. The minimum Gasteiger partial charge on any atom is -0.494 e. The summed E-state index contributed by atoms with van der Waals surface area (Å²) in [5.74, 6) is 0.355. The third-order valence-electron chi connectivity index (χ3n) is 5.33. The summed E-state index contributed by atoms with van der Waals surface area (Å²) in [7, 11) is 1.32. The van der Waals surface area contributed by atoms with Gasteiger partial charge in [0.05, 0.1) is 20.2 Å². The van der Waals surface area contributed by atoms with E-state index >= 15 is 0 Å². The minimum atomic E-state index is -4.64. The molecule has 0 aliphatic rings. The van der Waals surface area contributed by atoms with Crippen LogP contribution in [-0.2, 0) is 22.3 Å². The number of alkyl halides is 3. The zero-order chi connectivity index (χ0) is 26.6. The Bertz CT molecular complexity index is 1460. The Balaban J connectivity index is 1.61. The van der Waals surface area contributed by atoms with Crippen molar-refractivity contribution in [1.29, 1.82) is 0 Å². The predicted molar refractivity (Wildman–Crippen MR) is 132 cm³/mol. The van der Waals surface area contributed by atoms with Crippen molar-refractivity contribution >= 4 is 33.7 Å². The molecule has 0 unspecified atom stereocenters. The molecule has 0 atom stereocenters. The number of amides is 1. The highest BCUT2D eigenvalue weighted by Gasteiger charge is 2.33. The van der Waals surface area contributed by atoms with Crippen molar-refractivity contribution in [2.24, 2.45) is 10.7 Å². The van der Waals surface area contributed by atoms with Crippen LogP contribution in [0.2, 0.25) is 0 Å². The van der Waals surface area contributed by atoms with Crippen molar-refractivity contribution in [1.82, 2.24) is 10.3 Å². The van der Waals surface area contributed by atoms with E-state index in [0.717, 1.165) is 11.5 Å². The Morgan fingerprint density at radius 2 is 1.97 bits per heavy atom. The molecule has 0 aliphatic carbocycles. The number of benzene rings is 2. The quantitative estimate of drug-likeness (QED) is 0.203. The maximum atomic E-state index is 13.3. The van der Waals surface area contributed by atoms with Gasteiger partial charge in [0.2, 0.25) is 11.8 Å². The summed E-state index contributed by atoms with van der Waals surface area (Å²) in [6, 6.07) is 14.4. The van der Waals surface area contributed by atoms with Gasteiger partial charge in [0.15, 0.2) is 0 Å². The SMILES string of the molecule is C=C(CN)O/C(=N\CC(=O)NCc1cc2ccccc2o1)c1ccc(OC)c2nc(C(F)(F)F)ccc12. The topological polar surface area (TPSA) is 112 Å². The second-order valence-electron chi connectivity index (χ2n) is 7.90. The van der Waals surface area contributed by atoms with Crippen LogP contribution in [0.4, 0.5) is 13.2 Å². The van der Waals surface area contributed by atoms with Gasteiger partial charge in [0, 0.05) is 16.3 Å². The summed E-state index contributed by atoms with van der Waals surface area (Å²) in [6.45, 7) is 3.46. The number of rotatable bonds is 8. The number of para-hydroxylation sites is 1. The average molecular weight is 512 g/mol. The monoisotopic (exact) mass is 512 g/mol. The largest absolute Gasteiger partial charge is 0.494 e. The maximum Gasteiger partial charge on any atom is 0.433 e. The molecule has 2 aromatic heterocycles. The molecule has 4 rings (SSSR count). The van der Waals surface area contributed by atoms with Crippen LogP contribution in [0, 0.1) is 0 Å². The Morgan fingerprint density at radius 1 is 1.19 bits per heavy atom. The standard InChI is InChI=1S/C26H23F3N4O4/c1-15(12-30)36-25(32-14-23(34)31-13-17-11-16-5-3-4-6-20(16)37-17)19-7-9-21(35-2)24-18(19)8-10-22(33-24)26(27,28)29/h3-11H,1,12-14,30H2,2H3,(H,31,34)/b32-25-. The highest BCUT2D eigenvalue weighted by molar-refractivity contribution is 6.08. The third-order valence-corrected chi connectivity index (χ3v) is 5.33. The van der Waals surface area contributed by atoms with Gasteiger partial charge in [-0.2, -0.15) is 13.2 Å². The number of furan rings is 1. The number of halogens is 3. The van der Waals surface area contributed by atoms with E-state index in [4.69, 9.17) is 19.6 Å². The lowest BCUT2D eigenvalue weighted by atomic mass is 10.1. The summed E-state index contributed by atoms with van der Waals surface area (Å²) in [6.07, 6.45) is -4.64. The first-order chi connectivity index (χ1) is 17.7. The van der Waals surface area contributed by atoms with Crippen LogP contribution in [0.5, 0.6) is 5.75 Å². The highest BCUT2D eigenvalue weighted by atomic mass is 19.4. The zero-order valence-corrected chi connectivity index (χ0v) is 19.8. The Kier molecular flexibility index (Phi) is 7.44. The second-order valence-corrected chi connectivity index (χ2v) is 7.90. The van der Waals surface area contributed by atoms with Crippen molar-refractivity contribution < 1.29 is 31.9 Å². The molecule has 0 bridgehead atoms. The fourth-order valence-electron chi connectivity index (χ4n) is 3.56. The van der Waals surface area contributed by atoms with Gasteiger partial charge in [-0.3, -0.25) is 4.79 Å². The molecule has 3 N–H and O–H groups in total. The Morgan fingerprint density at radius 3 is 2.68 bits per heavy atom. The first kappa shape index (κ1) is 25.7. The van der Waals surface area contributed by atoms with Crippen molar-refractivity contribution in [2.75, 3.05) is 20.2 Å². The number of nitrogens with zero attached hydrogens (tertiary/aromatic N) is 2. The number of hydrogen-bond acceptors (Lipinski definition) is 7. The van der Waals surface area contributed by atoms with E-state index in [1.807, 2.05) is 30.3 Å². The second kappa shape index (κ2) is 10.7. The van der Waals surface area contributed by atoms with E-state index in [-0.39, 0.29) is 53.5 Å². The van der Waals surface area contributed by atoms with E-state index in [9.17, 15) is 18.0 Å². The number of ether oxygens (including phenoxy) is 2.